The maximum atomic E-state index is 5.10. The molecular weight excluding hydrogens is 632 g/mol. The number of fused-ring (bicyclic) bond motifs is 7. The zero-order valence-corrected chi connectivity index (χ0v) is 28.3. The van der Waals surface area contributed by atoms with E-state index in [0.29, 0.717) is 17.5 Å². The van der Waals surface area contributed by atoms with E-state index in [0.717, 1.165) is 33.4 Å². The van der Waals surface area contributed by atoms with Crippen molar-refractivity contribution in [3.63, 3.8) is 0 Å². The van der Waals surface area contributed by atoms with Crippen LogP contribution < -0.4 is 10.3 Å². The highest BCUT2D eigenvalue weighted by molar-refractivity contribution is 6.90. The highest BCUT2D eigenvalue weighted by Gasteiger charge is 2.42. The summed E-state index contributed by atoms with van der Waals surface area (Å²) in [6, 6.07) is 49.0. The molecule has 3 aliphatic heterocycles. The van der Waals surface area contributed by atoms with Gasteiger partial charge in [0, 0.05) is 27.9 Å². The van der Waals surface area contributed by atoms with E-state index in [4.69, 9.17) is 15.0 Å². The number of allylic oxidation sites excluding steroid dienone is 4. The molecule has 4 heterocycles. The third-order valence-corrected chi connectivity index (χ3v) is 10.2. The molecule has 0 atom stereocenters. The molecular formula is C45H31B2N5. The van der Waals surface area contributed by atoms with E-state index in [1.54, 1.807) is 0 Å². The zero-order valence-electron chi connectivity index (χ0n) is 28.3. The standard InChI is InChI=1S/C45H31B2N5/c1-3-16-33(17-4-1)43-48-44(34-18-5-2-6-19-34)50-45(49-43)35-25-26-38(40(31-35)37-22-13-20-32-15-7-8-21-36(32)37)39-23-14-24-41-42(39)51-29-11-10-28-47(51)52-30-12-9-27-46(41)52/h1-31H. The normalized spacial score (nSPS) is 14.1. The van der Waals surface area contributed by atoms with Gasteiger partial charge in [-0.1, -0.05) is 158 Å². The van der Waals surface area contributed by atoms with Gasteiger partial charge in [0.2, 0.25) is 0 Å². The highest BCUT2D eigenvalue weighted by Crippen LogP contribution is 2.43. The van der Waals surface area contributed by atoms with Crippen molar-refractivity contribution in [1.82, 2.24) is 19.7 Å². The summed E-state index contributed by atoms with van der Waals surface area (Å²) in [6.45, 7) is 0.207. The molecule has 7 aromatic rings. The molecule has 242 valence electrons. The Morgan fingerprint density at radius 1 is 0.442 bits per heavy atom. The van der Waals surface area contributed by atoms with Gasteiger partial charge >= 0.3 is 13.8 Å². The van der Waals surface area contributed by atoms with Crippen LogP contribution in [0.25, 0.3) is 67.2 Å². The Balaban J connectivity index is 1.22. The lowest BCUT2D eigenvalue weighted by molar-refractivity contribution is 0.878. The second-order valence-electron chi connectivity index (χ2n) is 13.2. The van der Waals surface area contributed by atoms with Gasteiger partial charge in [-0.15, -0.1) is 0 Å². The van der Waals surface area contributed by atoms with Gasteiger partial charge in [0.15, 0.2) is 17.5 Å². The van der Waals surface area contributed by atoms with E-state index < -0.39 is 0 Å². The fourth-order valence-electron chi connectivity index (χ4n) is 7.81. The molecule has 0 N–H and O–H groups in total. The number of para-hydroxylation sites is 1. The molecule has 0 saturated heterocycles. The summed E-state index contributed by atoms with van der Waals surface area (Å²) in [7, 11) is 0. The SMILES string of the molecule is C1=CB2c3cccc(-c4ccc(-c5nc(-c6ccccc6)nc(-c6ccccc6)n5)cc4-c4cccc5ccccc45)c3N3C=CC=CB3N2C=C1. The number of benzene rings is 6. The molecule has 0 fully saturated rings. The molecule has 3 aliphatic rings. The molecule has 6 aromatic carbocycles. The first kappa shape index (κ1) is 30.1. The van der Waals surface area contributed by atoms with Crippen molar-refractivity contribution >= 4 is 35.8 Å². The smallest absolute Gasteiger partial charge is 0.395 e. The number of nitrogens with zero attached hydrogens (tertiary/aromatic N) is 5. The lowest BCUT2D eigenvalue weighted by Gasteiger charge is -2.46. The zero-order chi connectivity index (χ0) is 34.4. The number of hydrogen-bond donors (Lipinski definition) is 0. The van der Waals surface area contributed by atoms with E-state index in [9.17, 15) is 0 Å². The molecule has 0 unspecified atom stereocenters. The van der Waals surface area contributed by atoms with Gasteiger partial charge in [-0.2, -0.15) is 0 Å². The van der Waals surface area contributed by atoms with Gasteiger partial charge < -0.3 is 9.53 Å². The minimum Gasteiger partial charge on any atom is -0.437 e. The van der Waals surface area contributed by atoms with E-state index in [-0.39, 0.29) is 13.8 Å². The molecule has 5 nitrogen and oxygen atoms in total. The van der Waals surface area contributed by atoms with Crippen molar-refractivity contribution < 1.29 is 0 Å². The molecule has 0 spiro atoms. The monoisotopic (exact) mass is 663 g/mol. The second kappa shape index (κ2) is 12.6. The van der Waals surface area contributed by atoms with Crippen LogP contribution in [0.4, 0.5) is 5.69 Å². The summed E-state index contributed by atoms with van der Waals surface area (Å²) >= 11 is 0. The van der Waals surface area contributed by atoms with Gasteiger partial charge in [-0.25, -0.2) is 15.0 Å². The van der Waals surface area contributed by atoms with Crippen LogP contribution in [0.15, 0.2) is 188 Å². The molecule has 52 heavy (non-hydrogen) atoms. The third kappa shape index (κ3) is 5.09. The first-order valence-corrected chi connectivity index (χ1v) is 17.7. The summed E-state index contributed by atoms with van der Waals surface area (Å²) in [5.41, 5.74) is 9.96. The van der Waals surface area contributed by atoms with Crippen LogP contribution >= 0.6 is 0 Å². The Morgan fingerprint density at radius 3 is 1.87 bits per heavy atom. The first-order valence-electron chi connectivity index (χ1n) is 17.7. The summed E-state index contributed by atoms with van der Waals surface area (Å²) in [6.07, 6.45) is 13.0. The Labute approximate surface area is 303 Å². The van der Waals surface area contributed by atoms with E-state index >= 15 is 0 Å². The molecule has 0 radical (unpaired) electrons. The Bertz CT molecular complexity index is 2550. The molecule has 10 rings (SSSR count). The van der Waals surface area contributed by atoms with Crippen molar-refractivity contribution in [2.75, 3.05) is 4.81 Å². The van der Waals surface area contributed by atoms with Crippen molar-refractivity contribution in [2.45, 2.75) is 0 Å². The average molecular weight is 663 g/mol. The average Bonchev–Trinajstić information content (AvgIpc) is 3.23. The topological polar surface area (TPSA) is 45.2 Å². The lowest BCUT2D eigenvalue weighted by Crippen LogP contribution is -2.64. The quantitative estimate of drug-likeness (QED) is 0.172. The molecule has 0 saturated carbocycles. The summed E-state index contributed by atoms with van der Waals surface area (Å²) in [4.78, 5) is 17.6. The summed E-state index contributed by atoms with van der Waals surface area (Å²) in [5.74, 6) is 6.51. The number of anilines is 1. The van der Waals surface area contributed by atoms with Crippen molar-refractivity contribution in [1.29, 1.82) is 0 Å². The molecule has 0 bridgehead atoms. The van der Waals surface area contributed by atoms with Crippen LogP contribution in [0, 0.1) is 0 Å². The van der Waals surface area contributed by atoms with Crippen LogP contribution in [-0.2, 0) is 0 Å². The third-order valence-electron chi connectivity index (χ3n) is 10.2. The lowest BCUT2D eigenvalue weighted by atomic mass is 9.43. The van der Waals surface area contributed by atoms with Crippen LogP contribution in [0.3, 0.4) is 0 Å². The van der Waals surface area contributed by atoms with Crippen molar-refractivity contribution in [2.24, 2.45) is 0 Å². The van der Waals surface area contributed by atoms with Gasteiger partial charge in [0.1, 0.15) is 0 Å². The van der Waals surface area contributed by atoms with E-state index in [2.05, 4.69) is 137 Å². The minimum atomic E-state index is 0.0724. The highest BCUT2D eigenvalue weighted by atomic mass is 15.2. The molecule has 1 aromatic heterocycles. The van der Waals surface area contributed by atoms with Gasteiger partial charge in [-0.3, -0.25) is 0 Å². The maximum Gasteiger partial charge on any atom is 0.395 e. The Hall–Kier alpha value is -6.72. The largest absolute Gasteiger partial charge is 0.437 e. The van der Waals surface area contributed by atoms with Crippen LogP contribution in [0.2, 0.25) is 0 Å². The van der Waals surface area contributed by atoms with Crippen molar-refractivity contribution in [3.8, 4) is 56.4 Å². The Kier molecular flexibility index (Phi) is 7.28. The van der Waals surface area contributed by atoms with Crippen LogP contribution in [0.1, 0.15) is 0 Å². The number of aromatic nitrogens is 3. The summed E-state index contributed by atoms with van der Waals surface area (Å²) in [5, 5.41) is 2.40. The second-order valence-corrected chi connectivity index (χ2v) is 13.2. The molecule has 7 heteroatoms. The summed E-state index contributed by atoms with van der Waals surface area (Å²) < 4.78 is 2.43. The minimum absolute atomic E-state index is 0.0724. The number of rotatable bonds is 5. The first-order chi connectivity index (χ1) is 25.8. The maximum absolute atomic E-state index is 5.10. The predicted molar refractivity (Wildman–Crippen MR) is 217 cm³/mol. The van der Waals surface area contributed by atoms with Crippen molar-refractivity contribution in [3.05, 3.63) is 188 Å². The fourth-order valence-corrected chi connectivity index (χ4v) is 7.81. The molecule has 0 amide bonds. The van der Waals surface area contributed by atoms with Gasteiger partial charge in [-0.05, 0) is 63.5 Å². The van der Waals surface area contributed by atoms with Crippen LogP contribution in [-0.4, -0.2) is 33.5 Å². The molecule has 0 aliphatic carbocycles. The van der Waals surface area contributed by atoms with Gasteiger partial charge in [0.25, 0.3) is 0 Å². The van der Waals surface area contributed by atoms with E-state index in [1.807, 2.05) is 60.7 Å². The number of hydrogen-bond acceptors (Lipinski definition) is 5. The van der Waals surface area contributed by atoms with E-state index in [1.165, 1.54) is 27.5 Å². The van der Waals surface area contributed by atoms with Gasteiger partial charge in [0.05, 0.1) is 0 Å². The van der Waals surface area contributed by atoms with Crippen LogP contribution in [0.5, 0.6) is 0 Å². The fraction of sp³-hybridized carbons (Fsp3) is 0. The predicted octanol–water partition coefficient (Wildman–Crippen LogP) is 9.41. The Morgan fingerprint density at radius 2 is 1.08 bits per heavy atom.